The van der Waals surface area contributed by atoms with Crippen molar-refractivity contribution in [3.05, 3.63) is 12.7 Å². The molecule has 0 rings (SSSR count). The molecular formula is C7H14O4. The van der Waals surface area contributed by atoms with E-state index in [1.54, 1.807) is 0 Å². The second-order valence-electron chi connectivity index (χ2n) is 1.92. The van der Waals surface area contributed by atoms with Crippen LogP contribution in [0.15, 0.2) is 12.7 Å². The zero-order valence-corrected chi connectivity index (χ0v) is 6.53. The number of carboxylic acid groups (broad SMARTS) is 1. The first kappa shape index (κ1) is 12.8. The Hall–Kier alpha value is -0.870. The van der Waals surface area contributed by atoms with Crippen LogP contribution in [0.2, 0.25) is 0 Å². The summed E-state index contributed by atoms with van der Waals surface area (Å²) in [5.41, 5.74) is 0. The van der Waals surface area contributed by atoms with Crippen molar-refractivity contribution in [3.63, 3.8) is 0 Å². The molecule has 0 aromatic carbocycles. The summed E-state index contributed by atoms with van der Waals surface area (Å²) in [5, 5.41) is 24.0. The molecule has 4 nitrogen and oxygen atoms in total. The summed E-state index contributed by atoms with van der Waals surface area (Å²) in [6.07, 6.45) is 0.539. The van der Waals surface area contributed by atoms with Gasteiger partial charge in [-0.1, -0.05) is 6.08 Å². The van der Waals surface area contributed by atoms with E-state index in [0.29, 0.717) is 0 Å². The quantitative estimate of drug-likeness (QED) is 0.511. The molecular weight excluding hydrogens is 148 g/mol. The fourth-order valence-electron chi connectivity index (χ4n) is 0.253. The molecule has 4 heteroatoms. The molecule has 1 unspecified atom stereocenters. The highest BCUT2D eigenvalue weighted by Crippen LogP contribution is 1.85. The van der Waals surface area contributed by atoms with Crippen LogP contribution in [0.4, 0.5) is 0 Å². The highest BCUT2D eigenvalue weighted by molar-refractivity contribution is 5.67. The molecule has 0 aliphatic heterocycles. The van der Waals surface area contributed by atoms with Gasteiger partial charge < -0.3 is 15.3 Å². The zero-order valence-electron chi connectivity index (χ0n) is 6.53. The smallest absolute Gasteiger partial charge is 0.305 e. The Labute approximate surface area is 65.8 Å². The SMILES string of the molecule is C=CCO.CC(O)CC(=O)O. The van der Waals surface area contributed by atoms with Gasteiger partial charge >= 0.3 is 5.97 Å². The monoisotopic (exact) mass is 162 g/mol. The molecule has 0 heterocycles. The van der Waals surface area contributed by atoms with Gasteiger partial charge in [-0.15, -0.1) is 6.58 Å². The fourth-order valence-corrected chi connectivity index (χ4v) is 0.253. The first-order valence-corrected chi connectivity index (χ1v) is 3.16. The van der Waals surface area contributed by atoms with Crippen molar-refractivity contribution in [1.29, 1.82) is 0 Å². The molecule has 0 aromatic rings. The third-order valence-electron chi connectivity index (χ3n) is 0.599. The van der Waals surface area contributed by atoms with E-state index in [2.05, 4.69) is 6.58 Å². The summed E-state index contributed by atoms with van der Waals surface area (Å²) >= 11 is 0. The van der Waals surface area contributed by atoms with Gasteiger partial charge in [-0.25, -0.2) is 0 Å². The van der Waals surface area contributed by atoms with Gasteiger partial charge in [0.15, 0.2) is 0 Å². The maximum Gasteiger partial charge on any atom is 0.305 e. The van der Waals surface area contributed by atoms with Crippen molar-refractivity contribution >= 4 is 5.97 Å². The molecule has 0 radical (unpaired) electrons. The minimum absolute atomic E-state index is 0.0833. The summed E-state index contributed by atoms with van der Waals surface area (Å²) in [6, 6.07) is 0. The normalized spacial score (nSPS) is 10.8. The molecule has 1 atom stereocenters. The topological polar surface area (TPSA) is 77.8 Å². The lowest BCUT2D eigenvalue weighted by atomic mass is 10.3. The minimum Gasteiger partial charge on any atom is -0.481 e. The van der Waals surface area contributed by atoms with Crippen LogP contribution in [-0.2, 0) is 4.79 Å². The lowest BCUT2D eigenvalue weighted by Gasteiger charge is -1.94. The van der Waals surface area contributed by atoms with Crippen LogP contribution in [0.5, 0.6) is 0 Å². The standard InChI is InChI=1S/C4H8O3.C3H6O/c1-3(5)2-4(6)7;1-2-3-4/h3,5H,2H2,1H3,(H,6,7);2,4H,1,3H2. The Morgan fingerprint density at radius 3 is 2.09 bits per heavy atom. The molecule has 66 valence electrons. The Morgan fingerprint density at radius 2 is 2.09 bits per heavy atom. The third-order valence-corrected chi connectivity index (χ3v) is 0.599. The molecule has 11 heavy (non-hydrogen) atoms. The van der Waals surface area contributed by atoms with Crippen molar-refractivity contribution in [3.8, 4) is 0 Å². The van der Waals surface area contributed by atoms with Gasteiger partial charge in [0, 0.05) is 0 Å². The first-order chi connectivity index (χ1) is 5.04. The van der Waals surface area contributed by atoms with E-state index >= 15 is 0 Å². The number of aliphatic hydroxyl groups is 2. The average Bonchev–Trinajstić information content (AvgIpc) is 1.85. The van der Waals surface area contributed by atoms with Gasteiger partial charge in [0.05, 0.1) is 19.1 Å². The van der Waals surface area contributed by atoms with E-state index in [0.717, 1.165) is 0 Å². The van der Waals surface area contributed by atoms with Crippen molar-refractivity contribution in [2.45, 2.75) is 19.4 Å². The maximum absolute atomic E-state index is 9.65. The molecule has 0 fully saturated rings. The van der Waals surface area contributed by atoms with E-state index in [9.17, 15) is 4.79 Å². The molecule has 0 aliphatic carbocycles. The molecule has 0 saturated carbocycles. The highest BCUT2D eigenvalue weighted by atomic mass is 16.4. The van der Waals surface area contributed by atoms with E-state index in [-0.39, 0.29) is 13.0 Å². The van der Waals surface area contributed by atoms with Crippen LogP contribution in [-0.4, -0.2) is 34.0 Å². The van der Waals surface area contributed by atoms with Gasteiger partial charge in [-0.3, -0.25) is 4.79 Å². The average molecular weight is 162 g/mol. The van der Waals surface area contributed by atoms with E-state index in [4.69, 9.17) is 15.3 Å². The Balaban J connectivity index is 0. The van der Waals surface area contributed by atoms with Gasteiger partial charge in [0.25, 0.3) is 0 Å². The number of hydrogen-bond acceptors (Lipinski definition) is 3. The lowest BCUT2D eigenvalue weighted by Crippen LogP contribution is -2.07. The molecule has 0 saturated heterocycles. The van der Waals surface area contributed by atoms with Crippen molar-refractivity contribution in [2.75, 3.05) is 6.61 Å². The van der Waals surface area contributed by atoms with Gasteiger partial charge in [-0.05, 0) is 6.92 Å². The minimum atomic E-state index is -0.963. The van der Waals surface area contributed by atoms with Crippen LogP contribution >= 0.6 is 0 Å². The molecule has 0 bridgehead atoms. The summed E-state index contributed by atoms with van der Waals surface area (Å²) in [6.45, 7) is 4.75. The fraction of sp³-hybridized carbons (Fsp3) is 0.571. The summed E-state index contributed by atoms with van der Waals surface area (Å²) in [4.78, 5) is 9.65. The first-order valence-electron chi connectivity index (χ1n) is 3.16. The summed E-state index contributed by atoms with van der Waals surface area (Å²) < 4.78 is 0. The van der Waals surface area contributed by atoms with Gasteiger partial charge in [-0.2, -0.15) is 0 Å². The van der Waals surface area contributed by atoms with Crippen LogP contribution in [0.1, 0.15) is 13.3 Å². The predicted molar refractivity (Wildman–Crippen MR) is 41.2 cm³/mol. The van der Waals surface area contributed by atoms with Crippen molar-refractivity contribution in [2.24, 2.45) is 0 Å². The Kier molecular flexibility index (Phi) is 10.6. The number of aliphatic hydroxyl groups excluding tert-OH is 2. The van der Waals surface area contributed by atoms with E-state index in [1.165, 1.54) is 13.0 Å². The second-order valence-corrected chi connectivity index (χ2v) is 1.92. The Bertz CT molecular complexity index is 109. The van der Waals surface area contributed by atoms with Gasteiger partial charge in [0.2, 0.25) is 0 Å². The molecule has 0 amide bonds. The summed E-state index contributed by atoms with van der Waals surface area (Å²) in [7, 11) is 0. The zero-order chi connectivity index (χ0) is 9.28. The number of aliphatic carboxylic acids is 1. The second kappa shape index (κ2) is 9.13. The molecule has 0 aromatic heterocycles. The number of carbonyl (C=O) groups is 1. The van der Waals surface area contributed by atoms with E-state index in [1.807, 2.05) is 0 Å². The van der Waals surface area contributed by atoms with Crippen LogP contribution in [0, 0.1) is 0 Å². The number of carboxylic acids is 1. The van der Waals surface area contributed by atoms with Crippen LogP contribution in [0.25, 0.3) is 0 Å². The lowest BCUT2D eigenvalue weighted by molar-refractivity contribution is -0.138. The highest BCUT2D eigenvalue weighted by Gasteiger charge is 2.00. The summed E-state index contributed by atoms with van der Waals surface area (Å²) in [5.74, 6) is -0.963. The largest absolute Gasteiger partial charge is 0.481 e. The number of hydrogen-bond donors (Lipinski definition) is 3. The molecule has 0 aliphatic rings. The number of rotatable bonds is 3. The van der Waals surface area contributed by atoms with Crippen LogP contribution < -0.4 is 0 Å². The maximum atomic E-state index is 9.65. The predicted octanol–water partition coefficient (Wildman–Crippen LogP) is 0.00660. The third kappa shape index (κ3) is 27.2. The van der Waals surface area contributed by atoms with Gasteiger partial charge in [0.1, 0.15) is 0 Å². The molecule has 3 N–H and O–H groups in total. The Morgan fingerprint density at radius 1 is 1.73 bits per heavy atom. The van der Waals surface area contributed by atoms with Crippen LogP contribution in [0.3, 0.4) is 0 Å². The van der Waals surface area contributed by atoms with E-state index < -0.39 is 12.1 Å². The van der Waals surface area contributed by atoms with Crippen molar-refractivity contribution in [1.82, 2.24) is 0 Å². The molecule has 0 spiro atoms. The van der Waals surface area contributed by atoms with Crippen molar-refractivity contribution < 1.29 is 20.1 Å².